The Balaban J connectivity index is 2.20. The highest BCUT2D eigenvalue weighted by Gasteiger charge is 2.18. The average molecular weight is 350 g/mol. The molecule has 0 fully saturated rings. The van der Waals surface area contributed by atoms with Crippen LogP contribution < -0.4 is 0 Å². The highest BCUT2D eigenvalue weighted by molar-refractivity contribution is 14.1. The third-order valence-corrected chi connectivity index (χ3v) is 3.55. The molecule has 0 saturated carbocycles. The summed E-state index contributed by atoms with van der Waals surface area (Å²) in [6.45, 7) is 1.80. The van der Waals surface area contributed by atoms with Crippen molar-refractivity contribution in [2.45, 2.75) is 12.5 Å². The van der Waals surface area contributed by atoms with Crippen molar-refractivity contribution in [1.82, 2.24) is 0 Å². The van der Waals surface area contributed by atoms with Gasteiger partial charge in [0, 0.05) is 3.57 Å². The van der Waals surface area contributed by atoms with Gasteiger partial charge in [-0.05, 0) is 58.9 Å². The molecule has 0 radical (unpaired) electrons. The van der Waals surface area contributed by atoms with Crippen LogP contribution >= 0.6 is 22.6 Å². The van der Waals surface area contributed by atoms with Gasteiger partial charge < -0.3 is 5.11 Å². The van der Waals surface area contributed by atoms with Crippen LogP contribution in [0.5, 0.6) is 0 Å². The van der Waals surface area contributed by atoms with Crippen LogP contribution in [0.15, 0.2) is 60.7 Å². The Morgan fingerprint density at radius 3 is 2.22 bits per heavy atom. The van der Waals surface area contributed by atoms with Crippen LogP contribution in [0.3, 0.4) is 0 Å². The van der Waals surface area contributed by atoms with E-state index in [1.807, 2.05) is 54.6 Å². The minimum atomic E-state index is -0.940. The summed E-state index contributed by atoms with van der Waals surface area (Å²) in [6, 6.07) is 17.9. The maximum absolute atomic E-state index is 10.4. The van der Waals surface area contributed by atoms with E-state index in [1.165, 1.54) is 3.57 Å². The predicted molar refractivity (Wildman–Crippen MR) is 84.2 cm³/mol. The molecular weight excluding hydrogens is 335 g/mol. The molecule has 1 atom stereocenters. The molecule has 2 rings (SSSR count). The highest BCUT2D eigenvalue weighted by atomic mass is 127. The fourth-order valence-corrected chi connectivity index (χ4v) is 2.06. The first-order valence-electron chi connectivity index (χ1n) is 5.81. The minimum Gasteiger partial charge on any atom is -0.381 e. The lowest BCUT2D eigenvalue weighted by Crippen LogP contribution is -2.17. The van der Waals surface area contributed by atoms with Gasteiger partial charge in [-0.15, -0.1) is 0 Å². The van der Waals surface area contributed by atoms with E-state index in [-0.39, 0.29) is 0 Å². The zero-order valence-corrected chi connectivity index (χ0v) is 12.3. The van der Waals surface area contributed by atoms with Crippen LogP contribution in [0, 0.1) is 3.57 Å². The summed E-state index contributed by atoms with van der Waals surface area (Å²) in [5.74, 6) is 0. The number of halogens is 1. The third kappa shape index (κ3) is 3.43. The second kappa shape index (κ2) is 5.67. The Bertz CT molecular complexity index is 527. The molecule has 2 aromatic carbocycles. The number of hydrogen-bond acceptors (Lipinski definition) is 1. The molecule has 0 amide bonds. The molecule has 0 bridgehead atoms. The molecule has 2 heteroatoms. The standard InChI is InChI=1S/C16H15IO/c1-16(18,14-5-3-2-4-6-14)12-11-13-7-9-15(17)10-8-13/h2-12,18H,1H3/b12-11+. The molecule has 1 N–H and O–H groups in total. The molecule has 92 valence electrons. The van der Waals surface area contributed by atoms with Crippen molar-refractivity contribution < 1.29 is 5.11 Å². The van der Waals surface area contributed by atoms with E-state index in [1.54, 1.807) is 6.92 Å². The van der Waals surface area contributed by atoms with Crippen molar-refractivity contribution in [2.24, 2.45) is 0 Å². The number of benzene rings is 2. The zero-order valence-electron chi connectivity index (χ0n) is 10.2. The lowest BCUT2D eigenvalue weighted by atomic mass is 9.95. The van der Waals surface area contributed by atoms with E-state index in [2.05, 4.69) is 34.7 Å². The lowest BCUT2D eigenvalue weighted by molar-refractivity contribution is 0.112. The first kappa shape index (κ1) is 13.3. The van der Waals surface area contributed by atoms with Crippen molar-refractivity contribution in [2.75, 3.05) is 0 Å². The van der Waals surface area contributed by atoms with Crippen molar-refractivity contribution in [3.63, 3.8) is 0 Å². The summed E-state index contributed by atoms with van der Waals surface area (Å²) >= 11 is 2.28. The molecule has 0 aliphatic rings. The van der Waals surface area contributed by atoms with Gasteiger partial charge in [0.15, 0.2) is 0 Å². The summed E-state index contributed by atoms with van der Waals surface area (Å²) in [5, 5.41) is 10.4. The van der Waals surface area contributed by atoms with Crippen LogP contribution in [0.25, 0.3) is 6.08 Å². The fraction of sp³-hybridized carbons (Fsp3) is 0.125. The second-order valence-corrected chi connectivity index (χ2v) is 5.64. The summed E-state index contributed by atoms with van der Waals surface area (Å²) in [7, 11) is 0. The first-order chi connectivity index (χ1) is 8.58. The largest absolute Gasteiger partial charge is 0.381 e. The smallest absolute Gasteiger partial charge is 0.105 e. The van der Waals surface area contributed by atoms with E-state index >= 15 is 0 Å². The Morgan fingerprint density at radius 1 is 1.00 bits per heavy atom. The Kier molecular flexibility index (Phi) is 4.19. The topological polar surface area (TPSA) is 20.2 Å². The van der Waals surface area contributed by atoms with Crippen molar-refractivity contribution in [1.29, 1.82) is 0 Å². The highest BCUT2D eigenvalue weighted by Crippen LogP contribution is 2.22. The minimum absolute atomic E-state index is 0.895. The molecule has 0 aliphatic carbocycles. The summed E-state index contributed by atoms with van der Waals surface area (Å²) in [5.41, 5.74) is 1.04. The number of aliphatic hydroxyl groups is 1. The molecule has 0 spiro atoms. The predicted octanol–water partition coefficient (Wildman–Crippen LogP) is 4.21. The number of rotatable bonds is 3. The van der Waals surface area contributed by atoms with Gasteiger partial charge >= 0.3 is 0 Å². The zero-order chi connectivity index (χ0) is 13.0. The average Bonchev–Trinajstić information content (AvgIpc) is 2.39. The van der Waals surface area contributed by atoms with Gasteiger partial charge in [0.1, 0.15) is 5.60 Å². The SMILES string of the molecule is CC(O)(/C=C/c1ccc(I)cc1)c1ccccc1. The van der Waals surface area contributed by atoms with Gasteiger partial charge in [-0.3, -0.25) is 0 Å². The normalized spacial score (nSPS) is 14.6. The van der Waals surface area contributed by atoms with Crippen molar-refractivity contribution in [3.05, 3.63) is 75.4 Å². The van der Waals surface area contributed by atoms with Crippen molar-refractivity contribution in [3.8, 4) is 0 Å². The Hall–Kier alpha value is -1.13. The monoisotopic (exact) mass is 350 g/mol. The molecule has 0 aliphatic heterocycles. The summed E-state index contributed by atoms with van der Waals surface area (Å²) in [4.78, 5) is 0. The van der Waals surface area contributed by atoms with Gasteiger partial charge in [-0.1, -0.05) is 48.5 Å². The summed E-state index contributed by atoms with van der Waals surface area (Å²) in [6.07, 6.45) is 3.77. The number of hydrogen-bond donors (Lipinski definition) is 1. The molecule has 1 unspecified atom stereocenters. The molecule has 2 aromatic rings. The van der Waals surface area contributed by atoms with E-state index in [0.29, 0.717) is 0 Å². The van der Waals surface area contributed by atoms with Gasteiger partial charge in [0.2, 0.25) is 0 Å². The maximum atomic E-state index is 10.4. The van der Waals surface area contributed by atoms with Crippen molar-refractivity contribution >= 4 is 28.7 Å². The van der Waals surface area contributed by atoms with Crippen LogP contribution in [0.4, 0.5) is 0 Å². The molecule has 0 saturated heterocycles. The van der Waals surface area contributed by atoms with Gasteiger partial charge in [-0.25, -0.2) is 0 Å². The summed E-state index contributed by atoms with van der Waals surface area (Å²) < 4.78 is 1.21. The van der Waals surface area contributed by atoms with Crippen LogP contribution in [-0.2, 0) is 5.60 Å². The quantitative estimate of drug-likeness (QED) is 0.823. The van der Waals surface area contributed by atoms with E-state index in [9.17, 15) is 5.11 Å². The van der Waals surface area contributed by atoms with Crippen LogP contribution in [-0.4, -0.2) is 5.11 Å². The molecule has 0 heterocycles. The molecular formula is C16H15IO. The van der Waals surface area contributed by atoms with Gasteiger partial charge in [0.05, 0.1) is 0 Å². The van der Waals surface area contributed by atoms with Crippen LogP contribution in [0.2, 0.25) is 0 Å². The second-order valence-electron chi connectivity index (χ2n) is 4.40. The fourth-order valence-electron chi connectivity index (χ4n) is 1.70. The van der Waals surface area contributed by atoms with E-state index in [0.717, 1.165) is 11.1 Å². The van der Waals surface area contributed by atoms with E-state index in [4.69, 9.17) is 0 Å². The molecule has 1 nitrogen and oxygen atoms in total. The first-order valence-corrected chi connectivity index (χ1v) is 6.88. The third-order valence-electron chi connectivity index (χ3n) is 2.83. The lowest BCUT2D eigenvalue weighted by Gasteiger charge is -2.19. The van der Waals surface area contributed by atoms with Gasteiger partial charge in [-0.2, -0.15) is 0 Å². The molecule has 0 aromatic heterocycles. The maximum Gasteiger partial charge on any atom is 0.105 e. The Labute approximate surface area is 121 Å². The van der Waals surface area contributed by atoms with E-state index < -0.39 is 5.60 Å². The molecule has 18 heavy (non-hydrogen) atoms. The van der Waals surface area contributed by atoms with Crippen LogP contribution in [0.1, 0.15) is 18.1 Å². The van der Waals surface area contributed by atoms with Gasteiger partial charge in [0.25, 0.3) is 0 Å². The Morgan fingerprint density at radius 2 is 1.61 bits per heavy atom.